The van der Waals surface area contributed by atoms with Crippen LogP contribution in [0.2, 0.25) is 0 Å². The fourth-order valence-corrected chi connectivity index (χ4v) is 2.78. The van der Waals surface area contributed by atoms with Gasteiger partial charge in [-0.3, -0.25) is 4.79 Å². The number of likely N-dealkylation sites (tertiary alicyclic amines) is 1. The van der Waals surface area contributed by atoms with Gasteiger partial charge in [0, 0.05) is 13.1 Å². The molecule has 8 heteroatoms. The minimum atomic E-state index is -4.56. The van der Waals surface area contributed by atoms with Crippen molar-refractivity contribution in [2.24, 2.45) is 5.41 Å². The van der Waals surface area contributed by atoms with Crippen LogP contribution in [-0.2, 0) is 16.1 Å². The van der Waals surface area contributed by atoms with Crippen molar-refractivity contribution in [1.82, 2.24) is 4.90 Å². The fourth-order valence-electron chi connectivity index (χ4n) is 2.78. The Kier molecular flexibility index (Phi) is 5.36. The molecule has 132 valence electrons. The van der Waals surface area contributed by atoms with Gasteiger partial charge in [0.15, 0.2) is 0 Å². The highest BCUT2D eigenvalue weighted by molar-refractivity contribution is 5.75. The molecule has 1 saturated heterocycles. The van der Waals surface area contributed by atoms with Gasteiger partial charge in [-0.1, -0.05) is 30.3 Å². The van der Waals surface area contributed by atoms with E-state index in [4.69, 9.17) is 4.74 Å². The van der Waals surface area contributed by atoms with Gasteiger partial charge in [0.25, 0.3) is 0 Å². The maximum atomic E-state index is 12.6. The summed E-state index contributed by atoms with van der Waals surface area (Å²) < 4.78 is 43.0. The van der Waals surface area contributed by atoms with Crippen molar-refractivity contribution in [2.45, 2.75) is 32.0 Å². The summed E-state index contributed by atoms with van der Waals surface area (Å²) in [6, 6.07) is 8.97. The second-order valence-corrected chi connectivity index (χ2v) is 5.90. The van der Waals surface area contributed by atoms with Gasteiger partial charge in [0.1, 0.15) is 6.61 Å². The molecule has 0 aromatic heterocycles. The lowest BCUT2D eigenvalue weighted by Gasteiger charge is -2.38. The molecule has 1 heterocycles. The lowest BCUT2D eigenvalue weighted by molar-refractivity contribution is -0.184. The number of ether oxygens (including phenoxy) is 1. The van der Waals surface area contributed by atoms with Crippen LogP contribution in [0.1, 0.15) is 24.8 Å². The predicted molar refractivity (Wildman–Crippen MR) is 78.2 cm³/mol. The Bertz CT molecular complexity index is 581. The van der Waals surface area contributed by atoms with Crippen molar-refractivity contribution >= 4 is 12.1 Å². The molecule has 1 aliphatic heterocycles. The quantitative estimate of drug-likeness (QED) is 0.908. The van der Waals surface area contributed by atoms with Crippen molar-refractivity contribution in [1.29, 1.82) is 0 Å². The number of hydrogen-bond acceptors (Lipinski definition) is 3. The van der Waals surface area contributed by atoms with Crippen molar-refractivity contribution in [3.05, 3.63) is 35.9 Å². The summed E-state index contributed by atoms with van der Waals surface area (Å²) in [5.74, 6) is -1.47. The van der Waals surface area contributed by atoms with E-state index in [9.17, 15) is 27.9 Å². The molecule has 1 aromatic carbocycles. The first-order valence-electron chi connectivity index (χ1n) is 7.48. The molecule has 0 radical (unpaired) electrons. The summed E-state index contributed by atoms with van der Waals surface area (Å²) in [6.07, 6.45) is -7.09. The molecule has 0 atom stereocenters. The van der Waals surface area contributed by atoms with Crippen LogP contribution in [0.25, 0.3) is 0 Å². The van der Waals surface area contributed by atoms with E-state index in [1.165, 1.54) is 4.90 Å². The van der Waals surface area contributed by atoms with Crippen molar-refractivity contribution < 1.29 is 32.6 Å². The number of hydrogen-bond donors (Lipinski definition) is 1. The molecular weight excluding hydrogens is 327 g/mol. The van der Waals surface area contributed by atoms with E-state index in [0.717, 1.165) is 5.56 Å². The Hall–Kier alpha value is -2.25. The van der Waals surface area contributed by atoms with Gasteiger partial charge in [0.05, 0.1) is 11.8 Å². The lowest BCUT2D eigenvalue weighted by Crippen LogP contribution is -2.48. The summed E-state index contributed by atoms with van der Waals surface area (Å²) in [5.41, 5.74) is -1.08. The van der Waals surface area contributed by atoms with E-state index in [-0.39, 0.29) is 32.5 Å². The Labute approximate surface area is 137 Å². The van der Waals surface area contributed by atoms with E-state index < -0.39 is 30.1 Å². The van der Waals surface area contributed by atoms with Crippen molar-refractivity contribution in [2.75, 3.05) is 13.1 Å². The van der Waals surface area contributed by atoms with Gasteiger partial charge in [-0.25, -0.2) is 4.79 Å². The molecule has 1 N–H and O–H groups in total. The summed E-state index contributed by atoms with van der Waals surface area (Å²) in [6.45, 7) is -0.0885. The van der Waals surface area contributed by atoms with Crippen LogP contribution in [0, 0.1) is 5.41 Å². The van der Waals surface area contributed by atoms with E-state index in [0.29, 0.717) is 0 Å². The molecule has 5 nitrogen and oxygen atoms in total. The fraction of sp³-hybridized carbons (Fsp3) is 0.500. The number of carboxylic acids is 1. The minimum absolute atomic E-state index is 0.0583. The van der Waals surface area contributed by atoms with E-state index in [2.05, 4.69) is 0 Å². The minimum Gasteiger partial charge on any atom is -0.481 e. The van der Waals surface area contributed by atoms with Gasteiger partial charge >= 0.3 is 18.2 Å². The molecule has 1 amide bonds. The number of carbonyl (C=O) groups is 2. The number of alkyl halides is 3. The average Bonchev–Trinajstić information content (AvgIpc) is 2.52. The maximum Gasteiger partial charge on any atom is 0.410 e. The van der Waals surface area contributed by atoms with Crippen LogP contribution in [-0.4, -0.2) is 41.3 Å². The van der Waals surface area contributed by atoms with Crippen molar-refractivity contribution in [3.8, 4) is 0 Å². The zero-order valence-electron chi connectivity index (χ0n) is 12.9. The monoisotopic (exact) mass is 345 g/mol. The van der Waals surface area contributed by atoms with Crippen LogP contribution in [0.15, 0.2) is 30.3 Å². The number of benzene rings is 1. The third-order valence-electron chi connectivity index (χ3n) is 4.18. The lowest BCUT2D eigenvalue weighted by atomic mass is 9.75. The highest BCUT2D eigenvalue weighted by Gasteiger charge is 2.50. The van der Waals surface area contributed by atoms with Gasteiger partial charge < -0.3 is 14.7 Å². The predicted octanol–water partition coefficient (Wildman–Crippen LogP) is 3.44. The van der Waals surface area contributed by atoms with Gasteiger partial charge in [-0.05, 0) is 18.4 Å². The molecule has 0 saturated carbocycles. The maximum absolute atomic E-state index is 12.6. The topological polar surface area (TPSA) is 66.8 Å². The molecule has 1 fully saturated rings. The first-order chi connectivity index (χ1) is 11.2. The second-order valence-electron chi connectivity index (χ2n) is 5.90. The summed E-state index contributed by atoms with van der Waals surface area (Å²) >= 11 is 0. The molecule has 0 unspecified atom stereocenters. The Balaban J connectivity index is 1.90. The summed E-state index contributed by atoms with van der Waals surface area (Å²) in [4.78, 5) is 24.5. The Morgan fingerprint density at radius 1 is 1.17 bits per heavy atom. The number of carbonyl (C=O) groups excluding carboxylic acids is 1. The first kappa shape index (κ1) is 18.1. The zero-order chi connectivity index (χ0) is 17.8. The molecule has 0 spiro atoms. The van der Waals surface area contributed by atoms with Gasteiger partial charge in [0.2, 0.25) is 0 Å². The van der Waals surface area contributed by atoms with E-state index in [1.54, 1.807) is 24.3 Å². The van der Waals surface area contributed by atoms with Crippen LogP contribution in [0.3, 0.4) is 0 Å². The normalized spacial score (nSPS) is 17.4. The Morgan fingerprint density at radius 3 is 2.25 bits per heavy atom. The summed E-state index contributed by atoms with van der Waals surface area (Å²) in [7, 11) is 0. The highest BCUT2D eigenvalue weighted by Crippen LogP contribution is 2.42. The smallest absolute Gasteiger partial charge is 0.410 e. The number of piperidine rings is 1. The molecule has 24 heavy (non-hydrogen) atoms. The molecule has 0 aliphatic carbocycles. The standard InChI is InChI=1S/C16H18F3NO4/c17-16(18,19)11-15(13(21)22)6-8-20(9-7-15)14(23)24-10-12-4-2-1-3-5-12/h1-5H,6-11H2,(H,21,22). The Morgan fingerprint density at radius 2 is 1.75 bits per heavy atom. The number of rotatable bonds is 4. The molecule has 1 aliphatic rings. The van der Waals surface area contributed by atoms with E-state index in [1.807, 2.05) is 6.07 Å². The third-order valence-corrected chi connectivity index (χ3v) is 4.18. The van der Waals surface area contributed by atoms with Crippen LogP contribution in [0.4, 0.5) is 18.0 Å². The van der Waals surface area contributed by atoms with E-state index >= 15 is 0 Å². The van der Waals surface area contributed by atoms with Crippen LogP contribution >= 0.6 is 0 Å². The SMILES string of the molecule is O=C(OCc1ccccc1)N1CCC(CC(F)(F)F)(C(=O)O)CC1. The number of aliphatic carboxylic acids is 1. The number of amides is 1. The first-order valence-corrected chi connectivity index (χ1v) is 7.48. The number of halogens is 3. The van der Waals surface area contributed by atoms with Crippen LogP contribution < -0.4 is 0 Å². The average molecular weight is 345 g/mol. The third kappa shape index (κ3) is 4.62. The molecule has 0 bridgehead atoms. The summed E-state index contributed by atoms with van der Waals surface area (Å²) in [5, 5.41) is 9.19. The zero-order valence-corrected chi connectivity index (χ0v) is 12.9. The second kappa shape index (κ2) is 7.11. The highest BCUT2D eigenvalue weighted by atomic mass is 19.4. The van der Waals surface area contributed by atoms with Crippen molar-refractivity contribution in [3.63, 3.8) is 0 Å². The van der Waals surface area contributed by atoms with Gasteiger partial charge in [-0.2, -0.15) is 13.2 Å². The molecule has 2 rings (SSSR count). The molecular formula is C16H18F3NO4. The number of nitrogens with zero attached hydrogens (tertiary/aromatic N) is 1. The largest absolute Gasteiger partial charge is 0.481 e. The van der Waals surface area contributed by atoms with Crippen LogP contribution in [0.5, 0.6) is 0 Å². The van der Waals surface area contributed by atoms with Gasteiger partial charge in [-0.15, -0.1) is 0 Å². The number of carboxylic acid groups (broad SMARTS) is 1. The molecule has 1 aromatic rings.